The lowest BCUT2D eigenvalue weighted by atomic mass is 10.1. The van der Waals surface area contributed by atoms with Gasteiger partial charge in [0.15, 0.2) is 0 Å². The van der Waals surface area contributed by atoms with Gasteiger partial charge in [-0.25, -0.2) is 0 Å². The van der Waals surface area contributed by atoms with Crippen LogP contribution in [0.15, 0.2) is 58.1 Å². The summed E-state index contributed by atoms with van der Waals surface area (Å²) in [5, 5.41) is 0. The standard InChI is InChI=1S/C19H19NO4S/c1-23-11-6-10-20-18(21)16(14-7-3-2-4-8-14)17(19(20)22)25-13-15-9-5-12-24-15/h2-5,7-9,12H,6,10-11,13H2,1H3. The number of imide groups is 1. The van der Waals surface area contributed by atoms with Gasteiger partial charge in [0.25, 0.3) is 11.8 Å². The zero-order chi connectivity index (χ0) is 17.6. The average molecular weight is 357 g/mol. The zero-order valence-electron chi connectivity index (χ0n) is 13.9. The number of hydrogen-bond acceptors (Lipinski definition) is 5. The van der Waals surface area contributed by atoms with Crippen molar-refractivity contribution in [2.75, 3.05) is 20.3 Å². The second kappa shape index (κ2) is 8.18. The molecule has 1 aliphatic rings. The van der Waals surface area contributed by atoms with Crippen molar-refractivity contribution < 1.29 is 18.7 Å². The van der Waals surface area contributed by atoms with E-state index in [1.54, 1.807) is 19.4 Å². The Labute approximate surface area is 150 Å². The van der Waals surface area contributed by atoms with Gasteiger partial charge in [-0.05, 0) is 24.1 Å². The molecule has 1 aliphatic heterocycles. The van der Waals surface area contributed by atoms with E-state index in [2.05, 4.69) is 0 Å². The monoisotopic (exact) mass is 357 g/mol. The predicted octanol–water partition coefficient (Wildman–Crippen LogP) is 3.33. The number of benzene rings is 1. The first kappa shape index (κ1) is 17.5. The minimum absolute atomic E-state index is 0.239. The van der Waals surface area contributed by atoms with Crippen molar-refractivity contribution in [3.05, 3.63) is 65.0 Å². The molecule has 0 N–H and O–H groups in total. The van der Waals surface area contributed by atoms with Gasteiger partial charge in [0.05, 0.1) is 22.5 Å². The fourth-order valence-electron chi connectivity index (χ4n) is 2.66. The first-order chi connectivity index (χ1) is 12.2. The Morgan fingerprint density at radius 1 is 1.08 bits per heavy atom. The molecule has 0 aliphatic carbocycles. The molecular formula is C19H19NO4S. The van der Waals surface area contributed by atoms with Crippen LogP contribution in [0.25, 0.3) is 5.57 Å². The molecule has 1 aromatic carbocycles. The molecule has 0 bridgehead atoms. The van der Waals surface area contributed by atoms with Gasteiger partial charge in [0, 0.05) is 20.3 Å². The smallest absolute Gasteiger partial charge is 0.267 e. The maximum atomic E-state index is 12.9. The van der Waals surface area contributed by atoms with E-state index in [1.807, 2.05) is 36.4 Å². The van der Waals surface area contributed by atoms with E-state index in [9.17, 15) is 9.59 Å². The summed E-state index contributed by atoms with van der Waals surface area (Å²) in [6, 6.07) is 13.0. The second-order valence-electron chi connectivity index (χ2n) is 5.55. The maximum Gasteiger partial charge on any atom is 0.267 e. The van der Waals surface area contributed by atoms with Crippen molar-refractivity contribution in [3.8, 4) is 0 Å². The Balaban J connectivity index is 1.87. The Kier molecular flexibility index (Phi) is 5.73. The lowest BCUT2D eigenvalue weighted by molar-refractivity contribution is -0.136. The van der Waals surface area contributed by atoms with Crippen LogP contribution in [0.1, 0.15) is 17.7 Å². The Morgan fingerprint density at radius 3 is 2.56 bits per heavy atom. The molecule has 2 aromatic rings. The third-order valence-corrected chi connectivity index (χ3v) is 4.95. The topological polar surface area (TPSA) is 59.8 Å². The number of furan rings is 1. The zero-order valence-corrected chi connectivity index (χ0v) is 14.8. The molecule has 0 radical (unpaired) electrons. The third kappa shape index (κ3) is 3.86. The number of methoxy groups -OCH3 is 1. The predicted molar refractivity (Wildman–Crippen MR) is 96.6 cm³/mol. The number of amides is 2. The van der Waals surface area contributed by atoms with Gasteiger partial charge in [-0.3, -0.25) is 14.5 Å². The van der Waals surface area contributed by atoms with E-state index < -0.39 is 0 Å². The SMILES string of the molecule is COCCCN1C(=O)C(SCc2ccco2)=C(c2ccccc2)C1=O. The molecule has 0 saturated carbocycles. The minimum Gasteiger partial charge on any atom is -0.468 e. The molecule has 0 saturated heterocycles. The van der Waals surface area contributed by atoms with Gasteiger partial charge in [-0.1, -0.05) is 30.3 Å². The number of carbonyl (C=O) groups excluding carboxylic acids is 2. The summed E-state index contributed by atoms with van der Waals surface area (Å²) in [4.78, 5) is 27.4. The summed E-state index contributed by atoms with van der Waals surface area (Å²) in [5.41, 5.74) is 1.23. The molecule has 130 valence electrons. The summed E-state index contributed by atoms with van der Waals surface area (Å²) in [6.45, 7) is 0.860. The number of thioether (sulfide) groups is 1. The third-order valence-electron chi connectivity index (χ3n) is 3.86. The second-order valence-corrected chi connectivity index (χ2v) is 6.53. The van der Waals surface area contributed by atoms with Crippen molar-refractivity contribution in [2.24, 2.45) is 0 Å². The van der Waals surface area contributed by atoms with Gasteiger partial charge in [-0.15, -0.1) is 11.8 Å². The van der Waals surface area contributed by atoms with E-state index in [4.69, 9.17) is 9.15 Å². The first-order valence-corrected chi connectivity index (χ1v) is 9.01. The van der Waals surface area contributed by atoms with E-state index in [1.165, 1.54) is 16.7 Å². The van der Waals surface area contributed by atoms with Crippen LogP contribution >= 0.6 is 11.8 Å². The molecule has 25 heavy (non-hydrogen) atoms. The van der Waals surface area contributed by atoms with Crippen LogP contribution in [0.4, 0.5) is 0 Å². The number of ether oxygens (including phenoxy) is 1. The highest BCUT2D eigenvalue weighted by atomic mass is 32.2. The van der Waals surface area contributed by atoms with Crippen molar-refractivity contribution in [1.29, 1.82) is 0 Å². The molecule has 0 spiro atoms. The van der Waals surface area contributed by atoms with Crippen LogP contribution in [0, 0.1) is 0 Å². The molecule has 0 atom stereocenters. The Bertz CT molecular complexity index is 768. The summed E-state index contributed by atoms with van der Waals surface area (Å²) in [7, 11) is 1.60. The van der Waals surface area contributed by atoms with Gasteiger partial charge >= 0.3 is 0 Å². The van der Waals surface area contributed by atoms with E-state index in [0.29, 0.717) is 35.8 Å². The highest BCUT2D eigenvalue weighted by Crippen LogP contribution is 2.37. The van der Waals surface area contributed by atoms with Crippen molar-refractivity contribution in [3.63, 3.8) is 0 Å². The molecule has 2 heterocycles. The quantitative estimate of drug-likeness (QED) is 0.536. The number of rotatable bonds is 8. The summed E-state index contributed by atoms with van der Waals surface area (Å²) >= 11 is 1.34. The van der Waals surface area contributed by atoms with E-state index >= 15 is 0 Å². The normalized spacial score (nSPS) is 14.7. The molecule has 0 fully saturated rings. The van der Waals surface area contributed by atoms with Crippen LogP contribution in [0.3, 0.4) is 0 Å². The number of hydrogen-bond donors (Lipinski definition) is 0. The molecule has 1 aromatic heterocycles. The van der Waals surface area contributed by atoms with Gasteiger partial charge in [0.2, 0.25) is 0 Å². The molecular weight excluding hydrogens is 338 g/mol. The maximum absolute atomic E-state index is 12.9. The summed E-state index contributed by atoms with van der Waals surface area (Å²) in [5.74, 6) is 0.789. The Hall–Kier alpha value is -2.31. The largest absolute Gasteiger partial charge is 0.468 e. The molecule has 5 nitrogen and oxygen atoms in total. The van der Waals surface area contributed by atoms with Crippen LogP contribution in [-0.4, -0.2) is 37.0 Å². The lowest BCUT2D eigenvalue weighted by Crippen LogP contribution is -2.33. The van der Waals surface area contributed by atoms with Crippen LogP contribution in [0.5, 0.6) is 0 Å². The fraction of sp³-hybridized carbons (Fsp3) is 0.263. The van der Waals surface area contributed by atoms with Gasteiger partial charge in [0.1, 0.15) is 5.76 Å². The van der Waals surface area contributed by atoms with Crippen LogP contribution in [0.2, 0.25) is 0 Å². The molecule has 2 amide bonds. The van der Waals surface area contributed by atoms with E-state index in [-0.39, 0.29) is 11.8 Å². The number of carbonyl (C=O) groups is 2. The summed E-state index contributed by atoms with van der Waals surface area (Å²) < 4.78 is 10.4. The van der Waals surface area contributed by atoms with Crippen molar-refractivity contribution in [2.45, 2.75) is 12.2 Å². The summed E-state index contributed by atoms with van der Waals surface area (Å²) in [6.07, 6.45) is 2.22. The number of nitrogens with zero attached hydrogens (tertiary/aromatic N) is 1. The molecule has 6 heteroatoms. The highest BCUT2D eigenvalue weighted by Gasteiger charge is 2.38. The highest BCUT2D eigenvalue weighted by molar-refractivity contribution is 8.03. The average Bonchev–Trinajstić information content (AvgIpc) is 3.22. The lowest BCUT2D eigenvalue weighted by Gasteiger charge is -2.14. The first-order valence-electron chi connectivity index (χ1n) is 8.02. The van der Waals surface area contributed by atoms with Gasteiger partial charge in [-0.2, -0.15) is 0 Å². The van der Waals surface area contributed by atoms with Crippen molar-refractivity contribution >= 4 is 29.1 Å². The molecule has 0 unspecified atom stereocenters. The Morgan fingerprint density at radius 2 is 1.88 bits per heavy atom. The van der Waals surface area contributed by atoms with Crippen LogP contribution < -0.4 is 0 Å². The van der Waals surface area contributed by atoms with Crippen molar-refractivity contribution in [1.82, 2.24) is 4.90 Å². The molecule has 3 rings (SSSR count). The fourth-order valence-corrected chi connectivity index (χ4v) is 3.69. The van der Waals surface area contributed by atoms with Crippen LogP contribution in [-0.2, 0) is 20.1 Å². The van der Waals surface area contributed by atoms with Gasteiger partial charge < -0.3 is 9.15 Å². The minimum atomic E-state index is -0.241. The van der Waals surface area contributed by atoms with E-state index in [0.717, 1.165) is 11.3 Å².